The molecule has 0 aliphatic carbocycles. The molecule has 1 unspecified atom stereocenters. The molecule has 114 valence electrons. The zero-order valence-corrected chi connectivity index (χ0v) is 12.9. The number of nitrogens with one attached hydrogen (secondary N) is 1. The van der Waals surface area contributed by atoms with E-state index in [1.807, 2.05) is 30.3 Å². The van der Waals surface area contributed by atoms with Gasteiger partial charge in [-0.3, -0.25) is 4.79 Å². The van der Waals surface area contributed by atoms with Crippen molar-refractivity contribution in [1.29, 1.82) is 0 Å². The highest BCUT2D eigenvalue weighted by Gasteiger charge is 2.26. The molecule has 0 bridgehead atoms. The van der Waals surface area contributed by atoms with E-state index >= 15 is 0 Å². The summed E-state index contributed by atoms with van der Waals surface area (Å²) >= 11 is 0. The number of rotatable bonds is 6. The van der Waals surface area contributed by atoms with Gasteiger partial charge in [0.15, 0.2) is 0 Å². The molecular weight excluding hydrogens is 266 g/mol. The average molecular weight is 289 g/mol. The van der Waals surface area contributed by atoms with Gasteiger partial charge in [0.1, 0.15) is 11.6 Å². The molecule has 1 N–H and O–H groups in total. The predicted molar refractivity (Wildman–Crippen MR) is 82.7 cm³/mol. The van der Waals surface area contributed by atoms with E-state index in [1.54, 1.807) is 20.8 Å². The predicted octanol–water partition coefficient (Wildman–Crippen LogP) is 2.63. The molecule has 1 aromatic carbocycles. The van der Waals surface area contributed by atoms with E-state index in [9.17, 15) is 9.59 Å². The van der Waals surface area contributed by atoms with E-state index in [2.05, 4.69) is 11.9 Å². The third kappa shape index (κ3) is 6.75. The van der Waals surface area contributed by atoms with Crippen LogP contribution in [0.25, 0.3) is 0 Å². The lowest BCUT2D eigenvalue weighted by Gasteiger charge is -2.24. The van der Waals surface area contributed by atoms with Crippen LogP contribution < -0.4 is 5.32 Å². The number of hydrogen-bond acceptors (Lipinski definition) is 3. The van der Waals surface area contributed by atoms with Gasteiger partial charge in [0.05, 0.1) is 0 Å². The van der Waals surface area contributed by atoms with Gasteiger partial charge in [0.25, 0.3) is 0 Å². The standard InChI is InChI=1S/C17H23NO3/c1-5-9-15(19)18-14(16(20)21-17(2,3)4)12-13-10-7-6-8-11-13/h5-8,10-11,14H,1,9,12H2,2-4H3,(H,18,19). The van der Waals surface area contributed by atoms with E-state index in [0.29, 0.717) is 6.42 Å². The smallest absolute Gasteiger partial charge is 0.329 e. The molecule has 21 heavy (non-hydrogen) atoms. The Morgan fingerprint density at radius 3 is 2.43 bits per heavy atom. The molecule has 0 heterocycles. The summed E-state index contributed by atoms with van der Waals surface area (Å²) < 4.78 is 5.37. The highest BCUT2D eigenvalue weighted by atomic mass is 16.6. The van der Waals surface area contributed by atoms with E-state index in [-0.39, 0.29) is 12.3 Å². The SMILES string of the molecule is C=CCC(=O)NC(Cc1ccccc1)C(=O)OC(C)(C)C. The Labute approximate surface area is 126 Å². The maximum absolute atomic E-state index is 12.2. The van der Waals surface area contributed by atoms with Gasteiger partial charge in [0.2, 0.25) is 5.91 Å². The number of amides is 1. The van der Waals surface area contributed by atoms with Crippen molar-refractivity contribution < 1.29 is 14.3 Å². The van der Waals surface area contributed by atoms with Crippen LogP contribution >= 0.6 is 0 Å². The summed E-state index contributed by atoms with van der Waals surface area (Å²) in [6, 6.07) is 8.83. The van der Waals surface area contributed by atoms with Crippen LogP contribution in [0.5, 0.6) is 0 Å². The summed E-state index contributed by atoms with van der Waals surface area (Å²) in [4.78, 5) is 24.0. The number of carbonyl (C=O) groups is 2. The molecule has 0 aliphatic rings. The van der Waals surface area contributed by atoms with Crippen molar-refractivity contribution in [3.05, 3.63) is 48.6 Å². The van der Waals surface area contributed by atoms with E-state index in [4.69, 9.17) is 4.74 Å². The van der Waals surface area contributed by atoms with Gasteiger partial charge in [-0.2, -0.15) is 0 Å². The molecule has 0 aliphatic heterocycles. The lowest BCUT2D eigenvalue weighted by molar-refractivity contribution is -0.158. The van der Waals surface area contributed by atoms with Crippen molar-refractivity contribution in [3.8, 4) is 0 Å². The van der Waals surface area contributed by atoms with Crippen LogP contribution in [-0.2, 0) is 20.7 Å². The molecule has 0 saturated carbocycles. The lowest BCUT2D eigenvalue weighted by Crippen LogP contribution is -2.45. The first-order valence-electron chi connectivity index (χ1n) is 6.99. The minimum Gasteiger partial charge on any atom is -0.458 e. The summed E-state index contributed by atoms with van der Waals surface area (Å²) in [6.45, 7) is 8.92. The molecule has 1 amide bonds. The Hall–Kier alpha value is -2.10. The van der Waals surface area contributed by atoms with Gasteiger partial charge in [-0.15, -0.1) is 6.58 Å². The minimum atomic E-state index is -0.695. The van der Waals surface area contributed by atoms with E-state index < -0.39 is 17.6 Å². The molecule has 0 saturated heterocycles. The summed E-state index contributed by atoms with van der Waals surface area (Å²) in [5, 5.41) is 2.70. The Morgan fingerprint density at radius 1 is 1.29 bits per heavy atom. The molecule has 1 aromatic rings. The van der Waals surface area contributed by atoms with Crippen LogP contribution in [0, 0.1) is 0 Å². The number of benzene rings is 1. The van der Waals surface area contributed by atoms with Gasteiger partial charge in [0, 0.05) is 12.8 Å². The number of esters is 1. The van der Waals surface area contributed by atoms with Crippen molar-refractivity contribution in [2.75, 3.05) is 0 Å². The Morgan fingerprint density at radius 2 is 1.90 bits per heavy atom. The van der Waals surface area contributed by atoms with Crippen LogP contribution in [0.3, 0.4) is 0 Å². The van der Waals surface area contributed by atoms with E-state index in [0.717, 1.165) is 5.56 Å². The van der Waals surface area contributed by atoms with Crippen LogP contribution in [0.1, 0.15) is 32.8 Å². The fraction of sp³-hybridized carbons (Fsp3) is 0.412. The number of hydrogen-bond donors (Lipinski definition) is 1. The molecular formula is C17H23NO3. The van der Waals surface area contributed by atoms with Gasteiger partial charge in [-0.05, 0) is 26.3 Å². The quantitative estimate of drug-likeness (QED) is 0.647. The van der Waals surface area contributed by atoms with Crippen molar-refractivity contribution in [1.82, 2.24) is 5.32 Å². The number of carbonyl (C=O) groups excluding carboxylic acids is 2. The van der Waals surface area contributed by atoms with Crippen molar-refractivity contribution >= 4 is 11.9 Å². The summed E-state index contributed by atoms with van der Waals surface area (Å²) in [6.07, 6.45) is 2.08. The zero-order valence-electron chi connectivity index (χ0n) is 12.9. The first-order chi connectivity index (χ1) is 9.81. The average Bonchev–Trinajstić information content (AvgIpc) is 2.37. The van der Waals surface area contributed by atoms with Gasteiger partial charge >= 0.3 is 5.97 Å². The lowest BCUT2D eigenvalue weighted by atomic mass is 10.1. The Balaban J connectivity index is 2.81. The minimum absolute atomic E-state index is 0.175. The highest BCUT2D eigenvalue weighted by Crippen LogP contribution is 2.11. The number of ether oxygens (including phenoxy) is 1. The second kappa shape index (κ2) is 7.62. The highest BCUT2D eigenvalue weighted by molar-refractivity contribution is 5.85. The first kappa shape index (κ1) is 17.0. The largest absolute Gasteiger partial charge is 0.458 e. The van der Waals surface area contributed by atoms with Gasteiger partial charge in [-0.25, -0.2) is 4.79 Å². The first-order valence-corrected chi connectivity index (χ1v) is 6.99. The summed E-state index contributed by atoms with van der Waals surface area (Å²) in [7, 11) is 0. The van der Waals surface area contributed by atoms with Gasteiger partial charge < -0.3 is 10.1 Å². The van der Waals surface area contributed by atoms with E-state index in [1.165, 1.54) is 6.08 Å². The zero-order chi connectivity index (χ0) is 15.9. The Bertz CT molecular complexity index is 489. The van der Waals surface area contributed by atoms with Crippen LogP contribution in [0.4, 0.5) is 0 Å². The van der Waals surface area contributed by atoms with Crippen LogP contribution in [-0.4, -0.2) is 23.5 Å². The normalized spacial score (nSPS) is 12.3. The van der Waals surface area contributed by atoms with Crippen LogP contribution in [0.15, 0.2) is 43.0 Å². The maximum atomic E-state index is 12.2. The van der Waals surface area contributed by atoms with Crippen molar-refractivity contribution in [3.63, 3.8) is 0 Å². The maximum Gasteiger partial charge on any atom is 0.329 e. The molecule has 4 nitrogen and oxygen atoms in total. The molecule has 0 aromatic heterocycles. The van der Waals surface area contributed by atoms with Crippen LogP contribution in [0.2, 0.25) is 0 Å². The van der Waals surface area contributed by atoms with Gasteiger partial charge in [-0.1, -0.05) is 36.4 Å². The third-order valence-corrected chi connectivity index (χ3v) is 2.64. The second-order valence-corrected chi connectivity index (χ2v) is 5.84. The fourth-order valence-electron chi connectivity index (χ4n) is 1.80. The van der Waals surface area contributed by atoms with Crippen molar-refractivity contribution in [2.45, 2.75) is 45.3 Å². The molecule has 0 fully saturated rings. The molecule has 1 atom stereocenters. The fourth-order valence-corrected chi connectivity index (χ4v) is 1.80. The molecule has 4 heteroatoms. The summed E-state index contributed by atoms with van der Waals surface area (Å²) in [5.41, 5.74) is 0.377. The topological polar surface area (TPSA) is 55.4 Å². The monoisotopic (exact) mass is 289 g/mol. The third-order valence-electron chi connectivity index (χ3n) is 2.64. The van der Waals surface area contributed by atoms with Crippen molar-refractivity contribution in [2.24, 2.45) is 0 Å². The molecule has 1 rings (SSSR count). The summed E-state index contributed by atoms with van der Waals surface area (Å²) in [5.74, 6) is -0.666. The second-order valence-electron chi connectivity index (χ2n) is 5.84. The molecule has 0 radical (unpaired) electrons. The Kier molecular flexibility index (Phi) is 6.15. The molecule has 0 spiro atoms.